The highest BCUT2D eigenvalue weighted by Gasteiger charge is 2.28. The minimum atomic E-state index is -0.617. The van der Waals surface area contributed by atoms with E-state index in [2.05, 4.69) is 6.07 Å². The number of esters is 1. The van der Waals surface area contributed by atoms with E-state index in [0.29, 0.717) is 10.6 Å². The largest absolute Gasteiger partial charge is 0.469 e. The van der Waals surface area contributed by atoms with Crippen molar-refractivity contribution in [2.75, 3.05) is 7.11 Å². The van der Waals surface area contributed by atoms with Crippen LogP contribution in [0.25, 0.3) is 0 Å². The van der Waals surface area contributed by atoms with E-state index in [1.165, 1.54) is 19.2 Å². The van der Waals surface area contributed by atoms with Crippen LogP contribution >= 0.6 is 11.6 Å². The summed E-state index contributed by atoms with van der Waals surface area (Å²) in [6, 6.07) is 14.9. The number of nitrogens with zero attached hydrogens (tertiary/aromatic N) is 1. The first-order valence-electron chi connectivity index (χ1n) is 7.02. The number of methoxy groups -OCH3 is 1. The molecule has 0 saturated heterocycles. The van der Waals surface area contributed by atoms with Gasteiger partial charge in [0.05, 0.1) is 25.5 Å². The van der Waals surface area contributed by atoms with Crippen LogP contribution in [0.15, 0.2) is 48.5 Å². The van der Waals surface area contributed by atoms with Gasteiger partial charge in [-0.3, -0.25) is 4.79 Å². The van der Waals surface area contributed by atoms with Crippen molar-refractivity contribution in [3.63, 3.8) is 0 Å². The van der Waals surface area contributed by atoms with Crippen molar-refractivity contribution >= 4 is 17.6 Å². The van der Waals surface area contributed by atoms with Gasteiger partial charge in [0.15, 0.2) is 0 Å². The molecule has 23 heavy (non-hydrogen) atoms. The van der Waals surface area contributed by atoms with Gasteiger partial charge in [-0.2, -0.15) is 5.26 Å². The predicted octanol–water partition coefficient (Wildman–Crippen LogP) is 4.43. The Hall–Kier alpha value is -2.38. The molecule has 0 fully saturated rings. The molecule has 0 aliphatic carbocycles. The summed E-state index contributed by atoms with van der Waals surface area (Å²) in [7, 11) is 1.30. The van der Waals surface area contributed by atoms with Gasteiger partial charge in [-0.05, 0) is 35.4 Å². The maximum absolute atomic E-state index is 13.1. The lowest BCUT2D eigenvalue weighted by Gasteiger charge is -2.22. The minimum Gasteiger partial charge on any atom is -0.469 e. The lowest BCUT2D eigenvalue weighted by atomic mass is 9.80. The molecule has 2 rings (SSSR count). The number of halogens is 2. The van der Waals surface area contributed by atoms with Gasteiger partial charge in [-0.25, -0.2) is 4.39 Å². The molecule has 0 N–H and O–H groups in total. The molecule has 118 valence electrons. The number of hydrogen-bond donors (Lipinski definition) is 0. The van der Waals surface area contributed by atoms with E-state index in [0.717, 1.165) is 5.56 Å². The second-order valence-corrected chi connectivity index (χ2v) is 5.54. The maximum Gasteiger partial charge on any atom is 0.306 e. The summed E-state index contributed by atoms with van der Waals surface area (Å²) in [5, 5.41) is 10.1. The zero-order valence-electron chi connectivity index (χ0n) is 12.5. The van der Waals surface area contributed by atoms with Crippen molar-refractivity contribution in [2.45, 2.75) is 18.3 Å². The van der Waals surface area contributed by atoms with Crippen LogP contribution in [-0.2, 0) is 9.53 Å². The normalized spacial score (nSPS) is 13.0. The van der Waals surface area contributed by atoms with Gasteiger partial charge in [0, 0.05) is 10.9 Å². The number of rotatable bonds is 5. The van der Waals surface area contributed by atoms with Crippen LogP contribution in [0, 0.1) is 17.1 Å². The fourth-order valence-corrected chi connectivity index (χ4v) is 2.69. The van der Waals surface area contributed by atoms with Crippen LogP contribution in [0.2, 0.25) is 5.02 Å². The average molecular weight is 332 g/mol. The monoisotopic (exact) mass is 331 g/mol. The van der Waals surface area contributed by atoms with Crippen molar-refractivity contribution in [1.82, 2.24) is 0 Å². The Morgan fingerprint density at radius 1 is 1.26 bits per heavy atom. The van der Waals surface area contributed by atoms with Crippen molar-refractivity contribution in [1.29, 1.82) is 5.26 Å². The average Bonchev–Trinajstić information content (AvgIpc) is 2.56. The number of ether oxygens (including phenoxy) is 1. The third kappa shape index (κ3) is 4.30. The summed E-state index contributed by atoms with van der Waals surface area (Å²) in [4.78, 5) is 11.8. The molecule has 2 atom stereocenters. The zero-order valence-corrected chi connectivity index (χ0v) is 13.3. The molecule has 2 aromatic carbocycles. The summed E-state index contributed by atoms with van der Waals surface area (Å²) in [5.74, 6) is -1.85. The first-order valence-corrected chi connectivity index (χ1v) is 7.40. The molecule has 0 aliphatic heterocycles. The Morgan fingerprint density at radius 3 is 2.52 bits per heavy atom. The summed E-state index contributed by atoms with van der Waals surface area (Å²) >= 11 is 6.03. The molecule has 5 heteroatoms. The number of nitriles is 1. The van der Waals surface area contributed by atoms with Crippen LogP contribution in [0.1, 0.15) is 29.4 Å². The Labute approximate surface area is 139 Å². The van der Waals surface area contributed by atoms with Gasteiger partial charge in [0.25, 0.3) is 0 Å². The molecule has 0 amide bonds. The van der Waals surface area contributed by atoms with E-state index >= 15 is 0 Å². The second kappa shape index (κ2) is 7.75. The van der Waals surface area contributed by atoms with Gasteiger partial charge in [-0.1, -0.05) is 35.9 Å². The van der Waals surface area contributed by atoms with E-state index in [9.17, 15) is 14.4 Å². The van der Waals surface area contributed by atoms with Crippen LogP contribution in [0.4, 0.5) is 4.39 Å². The van der Waals surface area contributed by atoms with Crippen LogP contribution in [0.5, 0.6) is 0 Å². The summed E-state index contributed by atoms with van der Waals surface area (Å²) < 4.78 is 17.9. The smallest absolute Gasteiger partial charge is 0.306 e. The molecular weight excluding hydrogens is 317 g/mol. The summed E-state index contributed by atoms with van der Waals surface area (Å²) in [5.41, 5.74) is 1.40. The lowest BCUT2D eigenvalue weighted by Crippen LogP contribution is -2.15. The Kier molecular flexibility index (Phi) is 5.72. The molecule has 0 spiro atoms. The van der Waals surface area contributed by atoms with E-state index in [1.807, 2.05) is 6.07 Å². The molecule has 0 aromatic heterocycles. The first-order chi connectivity index (χ1) is 11.0. The highest BCUT2D eigenvalue weighted by Crippen LogP contribution is 2.36. The highest BCUT2D eigenvalue weighted by atomic mass is 35.5. The molecule has 0 radical (unpaired) electrons. The summed E-state index contributed by atoms with van der Waals surface area (Å²) in [6.07, 6.45) is 0.0342. The second-order valence-electron chi connectivity index (χ2n) is 5.10. The standard InChI is InChI=1S/C18H15ClFNO2/c1-23-18(22)10-16(13-3-2-4-14(19)9-13)17(11-21)12-5-7-15(20)8-6-12/h2-9,16-17H,10H2,1H3. The van der Waals surface area contributed by atoms with Crippen molar-refractivity contribution in [3.05, 3.63) is 70.5 Å². The predicted molar refractivity (Wildman–Crippen MR) is 85.6 cm³/mol. The topological polar surface area (TPSA) is 50.1 Å². The number of benzene rings is 2. The fourth-order valence-electron chi connectivity index (χ4n) is 2.50. The Morgan fingerprint density at radius 2 is 1.96 bits per heavy atom. The molecule has 0 bridgehead atoms. The molecule has 0 heterocycles. The molecule has 2 unspecified atom stereocenters. The number of carbonyl (C=O) groups is 1. The van der Waals surface area contributed by atoms with Crippen LogP contribution in [0.3, 0.4) is 0 Å². The molecule has 0 saturated carbocycles. The molecule has 2 aromatic rings. The highest BCUT2D eigenvalue weighted by molar-refractivity contribution is 6.30. The van der Waals surface area contributed by atoms with E-state index in [1.54, 1.807) is 30.3 Å². The molecule has 3 nitrogen and oxygen atoms in total. The van der Waals surface area contributed by atoms with Gasteiger partial charge >= 0.3 is 5.97 Å². The van der Waals surface area contributed by atoms with Crippen molar-refractivity contribution in [2.24, 2.45) is 0 Å². The third-order valence-corrected chi connectivity index (χ3v) is 3.90. The molecular formula is C18H15ClFNO2. The van der Waals surface area contributed by atoms with Gasteiger partial charge in [-0.15, -0.1) is 0 Å². The quantitative estimate of drug-likeness (QED) is 0.761. The lowest BCUT2D eigenvalue weighted by molar-refractivity contribution is -0.141. The number of hydrogen-bond acceptors (Lipinski definition) is 3. The summed E-state index contributed by atoms with van der Waals surface area (Å²) in [6.45, 7) is 0. The number of carbonyl (C=O) groups excluding carboxylic acids is 1. The van der Waals surface area contributed by atoms with Gasteiger partial charge in [0.2, 0.25) is 0 Å². The fraction of sp³-hybridized carbons (Fsp3) is 0.222. The van der Waals surface area contributed by atoms with Gasteiger partial charge < -0.3 is 4.74 Å². The third-order valence-electron chi connectivity index (χ3n) is 3.66. The molecule has 0 aliphatic rings. The van der Waals surface area contributed by atoms with E-state index < -0.39 is 17.8 Å². The van der Waals surface area contributed by atoms with Crippen molar-refractivity contribution in [3.8, 4) is 6.07 Å². The van der Waals surface area contributed by atoms with Crippen LogP contribution < -0.4 is 0 Å². The minimum absolute atomic E-state index is 0.0342. The van der Waals surface area contributed by atoms with Crippen molar-refractivity contribution < 1.29 is 13.9 Å². The van der Waals surface area contributed by atoms with E-state index in [4.69, 9.17) is 16.3 Å². The Bertz CT molecular complexity index is 725. The maximum atomic E-state index is 13.1. The van der Waals surface area contributed by atoms with Gasteiger partial charge in [0.1, 0.15) is 5.82 Å². The van der Waals surface area contributed by atoms with E-state index in [-0.39, 0.29) is 12.2 Å². The van der Waals surface area contributed by atoms with Crippen LogP contribution in [-0.4, -0.2) is 13.1 Å². The zero-order chi connectivity index (χ0) is 16.8. The SMILES string of the molecule is COC(=O)CC(c1cccc(Cl)c1)C(C#N)c1ccc(F)cc1. The Balaban J connectivity index is 2.44. The first kappa shape index (κ1) is 17.0.